The molecule has 60 valence electrons. The number of Topliss-reactive ketones (excluding diaryl/α,β-unsaturated/α-hetero) is 1. The molecular weight excluding hydrogens is 144 g/mol. The van der Waals surface area contributed by atoms with Crippen LogP contribution in [-0.2, 0) is 9.53 Å². The minimum atomic E-state index is -1.22. The number of ether oxygens (including phenoxy) is 1. The summed E-state index contributed by atoms with van der Waals surface area (Å²) < 4.78 is 4.80. The number of rotatable bonds is 1. The van der Waals surface area contributed by atoms with E-state index in [1.165, 1.54) is 6.26 Å². The predicted octanol–water partition coefficient (Wildman–Crippen LogP) is -0.163. The molecule has 0 saturated carbocycles. The molecule has 3 N–H and O–H groups in total. The summed E-state index contributed by atoms with van der Waals surface area (Å²) >= 11 is 0. The highest BCUT2D eigenvalue weighted by atomic mass is 16.5. The van der Waals surface area contributed by atoms with E-state index < -0.39 is 5.54 Å². The molecule has 0 fully saturated rings. The normalized spacial score (nSPS) is 30.7. The zero-order valence-electron chi connectivity index (χ0n) is 6.26. The third-order valence-corrected chi connectivity index (χ3v) is 1.82. The zero-order chi connectivity index (χ0) is 8.48. The van der Waals surface area contributed by atoms with Crippen molar-refractivity contribution in [1.82, 2.24) is 0 Å². The molecule has 1 unspecified atom stereocenters. The average molecular weight is 154 g/mol. The van der Waals surface area contributed by atoms with Gasteiger partial charge in [0, 0.05) is 6.21 Å². The molecule has 0 spiro atoms. The summed E-state index contributed by atoms with van der Waals surface area (Å²) in [5.41, 5.74) is 4.95. The molecule has 1 atom stereocenters. The van der Waals surface area contributed by atoms with Gasteiger partial charge >= 0.3 is 0 Å². The van der Waals surface area contributed by atoms with Crippen molar-refractivity contribution in [2.24, 2.45) is 5.73 Å². The van der Waals surface area contributed by atoms with Crippen LogP contribution < -0.4 is 5.73 Å². The van der Waals surface area contributed by atoms with Crippen LogP contribution in [0.4, 0.5) is 0 Å². The lowest BCUT2D eigenvalue weighted by Gasteiger charge is -2.27. The van der Waals surface area contributed by atoms with Crippen LogP contribution in [-0.4, -0.2) is 24.1 Å². The largest absolute Gasteiger partial charge is 0.493 e. The fourth-order valence-electron chi connectivity index (χ4n) is 0.874. The third kappa shape index (κ3) is 1.05. The highest BCUT2D eigenvalue weighted by molar-refractivity contribution is 6.08. The number of carbonyl (C=O) groups is 1. The third-order valence-electron chi connectivity index (χ3n) is 1.82. The Hall–Kier alpha value is -1.16. The Labute approximate surface area is 64.5 Å². The Morgan fingerprint density at radius 1 is 1.91 bits per heavy atom. The van der Waals surface area contributed by atoms with Gasteiger partial charge in [-0.15, -0.1) is 0 Å². The SMILES string of the molecule is CC1=COCC(=O)C1(N)C=N. The molecule has 1 rings (SSSR count). The van der Waals surface area contributed by atoms with Crippen molar-refractivity contribution in [3.63, 3.8) is 0 Å². The Balaban J connectivity index is 3.06. The van der Waals surface area contributed by atoms with E-state index in [0.717, 1.165) is 6.21 Å². The van der Waals surface area contributed by atoms with Gasteiger partial charge in [0.2, 0.25) is 0 Å². The summed E-state index contributed by atoms with van der Waals surface area (Å²) in [6.45, 7) is 1.63. The molecule has 1 aliphatic heterocycles. The second kappa shape index (κ2) is 2.47. The standard InChI is InChI=1S/C7H10N2O2/c1-5-2-11-3-6(10)7(5,9)4-8/h2,4,8H,3,9H2,1H3. The molecule has 0 aliphatic carbocycles. The van der Waals surface area contributed by atoms with E-state index in [9.17, 15) is 4.79 Å². The van der Waals surface area contributed by atoms with E-state index in [0.29, 0.717) is 5.57 Å². The molecule has 0 radical (unpaired) electrons. The van der Waals surface area contributed by atoms with Gasteiger partial charge in [0.1, 0.15) is 12.1 Å². The van der Waals surface area contributed by atoms with Crippen LogP contribution >= 0.6 is 0 Å². The molecule has 0 aromatic rings. The summed E-state index contributed by atoms with van der Waals surface area (Å²) in [6.07, 6.45) is 2.37. The second-order valence-corrected chi connectivity index (χ2v) is 2.55. The van der Waals surface area contributed by atoms with Crippen molar-refractivity contribution >= 4 is 12.0 Å². The van der Waals surface area contributed by atoms with E-state index >= 15 is 0 Å². The van der Waals surface area contributed by atoms with Crippen LogP contribution in [0.1, 0.15) is 6.92 Å². The van der Waals surface area contributed by atoms with Gasteiger partial charge in [0.25, 0.3) is 0 Å². The molecule has 0 saturated heterocycles. The van der Waals surface area contributed by atoms with Gasteiger partial charge in [-0.1, -0.05) is 0 Å². The van der Waals surface area contributed by atoms with E-state index in [1.54, 1.807) is 6.92 Å². The highest BCUT2D eigenvalue weighted by Crippen LogP contribution is 2.16. The van der Waals surface area contributed by atoms with Gasteiger partial charge in [-0.25, -0.2) is 0 Å². The zero-order valence-corrected chi connectivity index (χ0v) is 6.26. The Kier molecular flexibility index (Phi) is 1.78. The van der Waals surface area contributed by atoms with Crippen molar-refractivity contribution in [2.45, 2.75) is 12.5 Å². The Morgan fingerprint density at radius 2 is 2.55 bits per heavy atom. The summed E-state index contributed by atoms with van der Waals surface area (Å²) in [5.74, 6) is -0.271. The summed E-state index contributed by atoms with van der Waals surface area (Å²) in [4.78, 5) is 11.1. The van der Waals surface area contributed by atoms with Crippen molar-refractivity contribution in [3.8, 4) is 0 Å². The lowest BCUT2D eigenvalue weighted by atomic mass is 9.88. The van der Waals surface area contributed by atoms with Crippen LogP contribution in [0.5, 0.6) is 0 Å². The van der Waals surface area contributed by atoms with Crippen LogP contribution in [0.15, 0.2) is 11.8 Å². The molecule has 0 bridgehead atoms. The first-order valence-electron chi connectivity index (χ1n) is 3.24. The first-order chi connectivity index (χ1) is 5.11. The lowest BCUT2D eigenvalue weighted by molar-refractivity contribution is -0.125. The molecule has 0 amide bonds. The smallest absolute Gasteiger partial charge is 0.199 e. The molecule has 1 heterocycles. The van der Waals surface area contributed by atoms with Gasteiger partial charge < -0.3 is 15.9 Å². The second-order valence-electron chi connectivity index (χ2n) is 2.55. The number of nitrogens with one attached hydrogen (secondary N) is 1. The van der Waals surface area contributed by atoms with Crippen LogP contribution in [0.3, 0.4) is 0 Å². The minimum absolute atomic E-state index is 0.0385. The molecule has 0 aromatic heterocycles. The number of ketones is 1. The average Bonchev–Trinajstić information content (AvgIpc) is 2.00. The summed E-state index contributed by atoms with van der Waals surface area (Å²) in [7, 11) is 0. The first kappa shape index (κ1) is 7.94. The topological polar surface area (TPSA) is 76.2 Å². The summed E-state index contributed by atoms with van der Waals surface area (Å²) in [5, 5.41) is 6.99. The molecule has 4 heteroatoms. The number of hydrogen-bond donors (Lipinski definition) is 2. The van der Waals surface area contributed by atoms with E-state index in [-0.39, 0.29) is 12.4 Å². The van der Waals surface area contributed by atoms with Gasteiger partial charge in [-0.3, -0.25) is 4.79 Å². The lowest BCUT2D eigenvalue weighted by Crippen LogP contribution is -2.53. The maximum absolute atomic E-state index is 11.1. The fourth-order valence-corrected chi connectivity index (χ4v) is 0.874. The molecule has 11 heavy (non-hydrogen) atoms. The molecule has 4 nitrogen and oxygen atoms in total. The van der Waals surface area contributed by atoms with E-state index in [2.05, 4.69) is 0 Å². The van der Waals surface area contributed by atoms with Crippen LogP contribution in [0.25, 0.3) is 0 Å². The van der Waals surface area contributed by atoms with Crippen molar-refractivity contribution in [3.05, 3.63) is 11.8 Å². The number of hydrogen-bond acceptors (Lipinski definition) is 4. The quantitative estimate of drug-likeness (QED) is 0.515. The summed E-state index contributed by atoms with van der Waals surface area (Å²) in [6, 6.07) is 0. The van der Waals surface area contributed by atoms with Crippen molar-refractivity contribution in [2.75, 3.05) is 6.61 Å². The van der Waals surface area contributed by atoms with Gasteiger partial charge in [0.05, 0.1) is 6.26 Å². The predicted molar refractivity (Wildman–Crippen MR) is 40.4 cm³/mol. The maximum atomic E-state index is 11.1. The van der Waals surface area contributed by atoms with Crippen molar-refractivity contribution in [1.29, 1.82) is 5.41 Å². The van der Waals surface area contributed by atoms with Gasteiger partial charge in [-0.05, 0) is 12.5 Å². The number of nitrogens with two attached hydrogens (primary N) is 1. The van der Waals surface area contributed by atoms with Gasteiger partial charge in [0.15, 0.2) is 5.78 Å². The minimum Gasteiger partial charge on any atom is -0.493 e. The number of carbonyl (C=O) groups excluding carboxylic acids is 1. The van der Waals surface area contributed by atoms with Gasteiger partial charge in [-0.2, -0.15) is 0 Å². The highest BCUT2D eigenvalue weighted by Gasteiger charge is 2.36. The maximum Gasteiger partial charge on any atom is 0.199 e. The molecular formula is C7H10N2O2. The monoisotopic (exact) mass is 154 g/mol. The van der Waals surface area contributed by atoms with Crippen molar-refractivity contribution < 1.29 is 9.53 Å². The molecule has 0 aromatic carbocycles. The Morgan fingerprint density at radius 3 is 2.91 bits per heavy atom. The molecule has 1 aliphatic rings. The van der Waals surface area contributed by atoms with E-state index in [1.807, 2.05) is 0 Å². The van der Waals surface area contributed by atoms with Crippen LogP contribution in [0, 0.1) is 5.41 Å². The Bertz CT molecular complexity index is 235. The first-order valence-corrected chi connectivity index (χ1v) is 3.24. The van der Waals surface area contributed by atoms with E-state index in [4.69, 9.17) is 15.9 Å². The van der Waals surface area contributed by atoms with Crippen LogP contribution in [0.2, 0.25) is 0 Å². The fraction of sp³-hybridized carbons (Fsp3) is 0.429.